The Labute approximate surface area is 162 Å². The molecule has 0 aromatic heterocycles. The van der Waals surface area contributed by atoms with Crippen LogP contribution in [0, 0.1) is 17.6 Å². The third-order valence-corrected chi connectivity index (χ3v) is 5.43. The first-order valence-corrected chi connectivity index (χ1v) is 8.98. The second-order valence-electron chi connectivity index (χ2n) is 7.18. The third kappa shape index (κ3) is 3.43. The molecule has 2 aromatic carbocycles. The fourth-order valence-corrected chi connectivity index (χ4v) is 4.14. The number of halogens is 5. The Bertz CT molecular complexity index is 952. The zero-order chi connectivity index (χ0) is 20.9. The van der Waals surface area contributed by atoms with Crippen molar-refractivity contribution in [2.24, 2.45) is 5.92 Å². The van der Waals surface area contributed by atoms with Crippen LogP contribution in [0.15, 0.2) is 30.3 Å². The molecule has 0 bridgehead atoms. The summed E-state index contributed by atoms with van der Waals surface area (Å²) in [7, 11) is 0. The van der Waals surface area contributed by atoms with E-state index in [0.29, 0.717) is 30.7 Å². The maximum absolute atomic E-state index is 14.7. The van der Waals surface area contributed by atoms with Crippen molar-refractivity contribution in [2.45, 2.75) is 31.2 Å². The molecule has 0 amide bonds. The van der Waals surface area contributed by atoms with Gasteiger partial charge in [0.15, 0.2) is 0 Å². The lowest BCUT2D eigenvalue weighted by atomic mass is 9.77. The van der Waals surface area contributed by atoms with Crippen LogP contribution in [0.5, 0.6) is 0 Å². The Morgan fingerprint density at radius 1 is 1.14 bits per heavy atom. The van der Waals surface area contributed by atoms with Gasteiger partial charge in [0.05, 0.1) is 23.3 Å². The number of carbonyl (C=O) groups is 1. The predicted octanol–water partition coefficient (Wildman–Crippen LogP) is 5.32. The summed E-state index contributed by atoms with van der Waals surface area (Å²) in [5, 5.41) is 11.9. The summed E-state index contributed by atoms with van der Waals surface area (Å²) in [6, 6.07) is 3.69. The van der Waals surface area contributed by atoms with Crippen molar-refractivity contribution in [3.8, 4) is 0 Å². The number of hydrogen-bond acceptors (Lipinski definition) is 3. The van der Waals surface area contributed by atoms with E-state index in [2.05, 4.69) is 5.32 Å². The van der Waals surface area contributed by atoms with E-state index in [1.807, 2.05) is 0 Å². The summed E-state index contributed by atoms with van der Waals surface area (Å²) >= 11 is 0. The van der Waals surface area contributed by atoms with Crippen molar-refractivity contribution < 1.29 is 36.6 Å². The monoisotopic (exact) mass is 413 g/mol. The molecule has 4 nitrogen and oxygen atoms in total. The standard InChI is InChI=1S/C20H16F5NO3/c21-13-6-9(19(27)28)7-14(22)16(13)17-11-2-1-5-29-18(11)12-8-10(20(23,24)25)3-4-15(12)26-17/h3-4,6-8,11,17-18,26H,1-2,5H2,(H,27,28)/t11-,17+,18-/m1/s1. The van der Waals surface area contributed by atoms with E-state index in [0.717, 1.165) is 24.3 Å². The number of benzene rings is 2. The van der Waals surface area contributed by atoms with Crippen LogP contribution in [-0.2, 0) is 10.9 Å². The Morgan fingerprint density at radius 3 is 2.45 bits per heavy atom. The molecule has 2 N–H and O–H groups in total. The number of anilines is 1. The number of ether oxygens (including phenoxy) is 1. The summed E-state index contributed by atoms with van der Waals surface area (Å²) < 4.78 is 74.5. The molecular weight excluding hydrogens is 397 g/mol. The number of nitrogens with one attached hydrogen (secondary N) is 1. The number of hydrogen-bond donors (Lipinski definition) is 2. The number of carboxylic acids is 1. The minimum atomic E-state index is -4.53. The molecule has 2 heterocycles. The van der Waals surface area contributed by atoms with Gasteiger partial charge in [0.25, 0.3) is 0 Å². The van der Waals surface area contributed by atoms with E-state index >= 15 is 0 Å². The van der Waals surface area contributed by atoms with Crippen LogP contribution >= 0.6 is 0 Å². The summed E-state index contributed by atoms with van der Waals surface area (Å²) in [5.41, 5.74) is -1.10. The van der Waals surface area contributed by atoms with E-state index in [1.165, 1.54) is 6.07 Å². The van der Waals surface area contributed by atoms with Gasteiger partial charge < -0.3 is 15.2 Å². The zero-order valence-electron chi connectivity index (χ0n) is 14.9. The van der Waals surface area contributed by atoms with Crippen molar-refractivity contribution in [2.75, 3.05) is 11.9 Å². The molecule has 3 atom stereocenters. The molecule has 154 valence electrons. The molecule has 29 heavy (non-hydrogen) atoms. The minimum absolute atomic E-state index is 0.295. The van der Waals surface area contributed by atoms with Crippen LogP contribution in [-0.4, -0.2) is 17.7 Å². The third-order valence-electron chi connectivity index (χ3n) is 5.43. The molecule has 0 spiro atoms. The molecule has 0 saturated carbocycles. The molecule has 9 heteroatoms. The smallest absolute Gasteiger partial charge is 0.416 e. The van der Waals surface area contributed by atoms with E-state index < -0.39 is 53.0 Å². The van der Waals surface area contributed by atoms with Gasteiger partial charge in [-0.05, 0) is 43.2 Å². The summed E-state index contributed by atoms with van der Waals surface area (Å²) in [6.07, 6.45) is -4.21. The van der Waals surface area contributed by atoms with Gasteiger partial charge in [-0.2, -0.15) is 13.2 Å². The second kappa shape index (κ2) is 6.98. The van der Waals surface area contributed by atoms with Crippen molar-refractivity contribution in [1.82, 2.24) is 0 Å². The van der Waals surface area contributed by atoms with Gasteiger partial charge in [-0.25, -0.2) is 13.6 Å². The Hall–Kier alpha value is -2.68. The van der Waals surface area contributed by atoms with Crippen LogP contribution in [0.4, 0.5) is 27.6 Å². The number of carboxylic acid groups (broad SMARTS) is 1. The second-order valence-corrected chi connectivity index (χ2v) is 7.18. The Morgan fingerprint density at radius 2 is 1.83 bits per heavy atom. The largest absolute Gasteiger partial charge is 0.478 e. The van der Waals surface area contributed by atoms with Gasteiger partial charge in [0, 0.05) is 29.3 Å². The first-order chi connectivity index (χ1) is 13.7. The molecule has 0 aliphatic carbocycles. The van der Waals surface area contributed by atoms with Gasteiger partial charge in [0.2, 0.25) is 0 Å². The zero-order valence-corrected chi connectivity index (χ0v) is 14.9. The SMILES string of the molecule is O=C(O)c1cc(F)c([C@H]2Nc3ccc(C(F)(F)F)cc3[C@@H]3OCCC[C@H]23)c(F)c1. The Balaban J connectivity index is 1.81. The van der Waals surface area contributed by atoms with Crippen molar-refractivity contribution >= 4 is 11.7 Å². The molecule has 2 aromatic rings. The highest BCUT2D eigenvalue weighted by Gasteiger charge is 2.43. The average molecular weight is 413 g/mol. The predicted molar refractivity (Wildman–Crippen MR) is 92.5 cm³/mol. The van der Waals surface area contributed by atoms with Gasteiger partial charge in [-0.1, -0.05) is 0 Å². The van der Waals surface area contributed by atoms with Gasteiger partial charge in [-0.3, -0.25) is 0 Å². The lowest BCUT2D eigenvalue weighted by Crippen LogP contribution is -2.37. The lowest BCUT2D eigenvalue weighted by molar-refractivity contribution is -0.137. The fourth-order valence-electron chi connectivity index (χ4n) is 4.14. The van der Waals surface area contributed by atoms with Gasteiger partial charge in [-0.15, -0.1) is 0 Å². The van der Waals surface area contributed by atoms with Gasteiger partial charge >= 0.3 is 12.1 Å². The summed E-state index contributed by atoms with van der Waals surface area (Å²) in [6.45, 7) is 0.326. The number of fused-ring (bicyclic) bond motifs is 3. The lowest BCUT2D eigenvalue weighted by Gasteiger charge is -2.43. The molecule has 0 radical (unpaired) electrons. The van der Waals surface area contributed by atoms with E-state index in [9.17, 15) is 26.7 Å². The van der Waals surface area contributed by atoms with E-state index in [-0.39, 0.29) is 5.56 Å². The maximum Gasteiger partial charge on any atom is 0.416 e. The molecular formula is C20H16F5NO3. The number of aromatic carboxylic acids is 1. The summed E-state index contributed by atoms with van der Waals surface area (Å²) in [4.78, 5) is 11.0. The van der Waals surface area contributed by atoms with E-state index in [4.69, 9.17) is 9.84 Å². The molecule has 1 fully saturated rings. The molecule has 2 aliphatic rings. The number of alkyl halides is 3. The topological polar surface area (TPSA) is 58.6 Å². The highest BCUT2D eigenvalue weighted by Crippen LogP contribution is 2.50. The number of rotatable bonds is 2. The average Bonchev–Trinajstić information content (AvgIpc) is 2.66. The maximum atomic E-state index is 14.7. The highest BCUT2D eigenvalue weighted by atomic mass is 19.4. The van der Waals surface area contributed by atoms with Gasteiger partial charge in [0.1, 0.15) is 11.6 Å². The van der Waals surface area contributed by atoms with Crippen LogP contribution in [0.2, 0.25) is 0 Å². The first-order valence-electron chi connectivity index (χ1n) is 8.98. The van der Waals surface area contributed by atoms with Crippen molar-refractivity contribution in [3.05, 3.63) is 64.2 Å². The van der Waals surface area contributed by atoms with Crippen molar-refractivity contribution in [3.63, 3.8) is 0 Å². The molecule has 2 aliphatic heterocycles. The van der Waals surface area contributed by atoms with Crippen LogP contribution in [0.1, 0.15) is 52.0 Å². The normalized spacial score (nSPS) is 23.7. The minimum Gasteiger partial charge on any atom is -0.478 e. The highest BCUT2D eigenvalue weighted by molar-refractivity contribution is 5.87. The molecule has 1 saturated heterocycles. The van der Waals surface area contributed by atoms with Crippen LogP contribution in [0.3, 0.4) is 0 Å². The summed E-state index contributed by atoms with van der Waals surface area (Å²) in [5.74, 6) is -4.03. The first kappa shape index (κ1) is 19.6. The molecule has 0 unspecified atom stereocenters. The quantitative estimate of drug-likeness (QED) is 0.655. The van der Waals surface area contributed by atoms with Crippen LogP contribution < -0.4 is 5.32 Å². The Kier molecular flexibility index (Phi) is 4.72. The van der Waals surface area contributed by atoms with Crippen LogP contribution in [0.25, 0.3) is 0 Å². The van der Waals surface area contributed by atoms with E-state index in [1.54, 1.807) is 0 Å². The van der Waals surface area contributed by atoms with Crippen molar-refractivity contribution in [1.29, 1.82) is 0 Å². The molecule has 4 rings (SSSR count). The fraction of sp³-hybridized carbons (Fsp3) is 0.350.